The molecule has 0 spiro atoms. The second-order valence-corrected chi connectivity index (χ2v) is 7.70. The summed E-state index contributed by atoms with van der Waals surface area (Å²) in [5.41, 5.74) is 1.43. The first-order valence-corrected chi connectivity index (χ1v) is 9.54. The zero-order valence-electron chi connectivity index (χ0n) is 14.9. The molecule has 1 heterocycles. The van der Waals surface area contributed by atoms with Crippen molar-refractivity contribution in [1.29, 1.82) is 0 Å². The quantitative estimate of drug-likeness (QED) is 0.553. The monoisotopic (exact) mass is 415 g/mol. The van der Waals surface area contributed by atoms with Gasteiger partial charge < -0.3 is 14.9 Å². The fourth-order valence-electron chi connectivity index (χ4n) is 2.81. The molecule has 2 aromatic rings. The first kappa shape index (κ1) is 19.9. The molecule has 1 fully saturated rings. The first-order valence-electron chi connectivity index (χ1n) is 8.31. The summed E-state index contributed by atoms with van der Waals surface area (Å²) in [5, 5.41) is 19.4. The van der Waals surface area contributed by atoms with Crippen molar-refractivity contribution in [3.05, 3.63) is 64.6 Å². The molecule has 0 unspecified atom stereocenters. The van der Waals surface area contributed by atoms with E-state index in [0.717, 1.165) is 22.2 Å². The Bertz CT molecular complexity index is 958. The van der Waals surface area contributed by atoms with Gasteiger partial charge >= 0.3 is 5.97 Å². The number of carbonyl (C=O) groups excluding carboxylic acids is 1. The lowest BCUT2D eigenvalue weighted by Crippen LogP contribution is -2.45. The first-order chi connectivity index (χ1) is 13.4. The molecule has 2 aromatic carbocycles. The zero-order chi connectivity index (χ0) is 20.3. The minimum atomic E-state index is -1.12. The third kappa shape index (κ3) is 4.18. The van der Waals surface area contributed by atoms with Crippen LogP contribution in [-0.4, -0.2) is 44.5 Å². The Hall–Kier alpha value is -2.84. The van der Waals surface area contributed by atoms with E-state index in [0.29, 0.717) is 10.5 Å². The molecule has 0 bridgehead atoms. The number of phenols is 1. The standard InChI is InChI=1S/C20H17NO5S2/c1-26-16-10-13(7-8-15(16)22)11-17-18(23)21(20(27)28-17)14(19(24)25)9-12-5-3-2-4-6-12/h2-8,10-11,14,22H,9H2,1H3,(H,24,25)/b17-11-/t14-/m0/s1. The van der Waals surface area contributed by atoms with Gasteiger partial charge in [-0.15, -0.1) is 0 Å². The number of ether oxygens (including phenoxy) is 1. The summed E-state index contributed by atoms with van der Waals surface area (Å²) in [6, 6.07) is 12.7. The number of aliphatic carboxylic acids is 1. The molecule has 1 atom stereocenters. The van der Waals surface area contributed by atoms with E-state index in [1.165, 1.54) is 13.2 Å². The number of carbonyl (C=O) groups is 2. The summed E-state index contributed by atoms with van der Waals surface area (Å²) in [6.07, 6.45) is 1.76. The average molecular weight is 415 g/mol. The molecule has 6 nitrogen and oxygen atoms in total. The van der Waals surface area contributed by atoms with Crippen molar-refractivity contribution in [2.75, 3.05) is 7.11 Å². The Morgan fingerprint density at radius 3 is 2.64 bits per heavy atom. The maximum atomic E-state index is 12.9. The Kier molecular flexibility index (Phi) is 6.01. The number of thioether (sulfide) groups is 1. The lowest BCUT2D eigenvalue weighted by atomic mass is 10.0. The molecular formula is C20H17NO5S2. The molecule has 144 valence electrons. The van der Waals surface area contributed by atoms with Crippen LogP contribution in [0.5, 0.6) is 11.5 Å². The van der Waals surface area contributed by atoms with Crippen LogP contribution in [0.25, 0.3) is 6.08 Å². The van der Waals surface area contributed by atoms with Crippen LogP contribution < -0.4 is 4.74 Å². The summed E-state index contributed by atoms with van der Waals surface area (Å²) >= 11 is 6.34. The Morgan fingerprint density at radius 2 is 2.00 bits per heavy atom. The van der Waals surface area contributed by atoms with Gasteiger partial charge in [0.15, 0.2) is 11.5 Å². The second kappa shape index (κ2) is 8.45. The SMILES string of the molecule is COc1cc(/C=C2\SC(=S)N([C@@H](Cc3ccccc3)C(=O)O)C2=O)ccc1O. The number of phenolic OH excluding ortho intramolecular Hbond substituents is 1. The zero-order valence-corrected chi connectivity index (χ0v) is 16.5. The van der Waals surface area contributed by atoms with Crippen LogP contribution in [0.2, 0.25) is 0 Å². The smallest absolute Gasteiger partial charge is 0.327 e. The molecule has 28 heavy (non-hydrogen) atoms. The van der Waals surface area contributed by atoms with Crippen molar-refractivity contribution in [2.24, 2.45) is 0 Å². The van der Waals surface area contributed by atoms with Crippen molar-refractivity contribution in [2.45, 2.75) is 12.5 Å². The number of benzene rings is 2. The van der Waals surface area contributed by atoms with E-state index in [1.54, 1.807) is 18.2 Å². The van der Waals surface area contributed by atoms with Gasteiger partial charge in [0.05, 0.1) is 12.0 Å². The van der Waals surface area contributed by atoms with Crippen molar-refractivity contribution in [1.82, 2.24) is 4.90 Å². The van der Waals surface area contributed by atoms with Crippen LogP contribution >= 0.6 is 24.0 Å². The van der Waals surface area contributed by atoms with Gasteiger partial charge in [-0.1, -0.05) is 60.4 Å². The molecule has 0 aromatic heterocycles. The summed E-state index contributed by atoms with van der Waals surface area (Å²) in [7, 11) is 1.43. The van der Waals surface area contributed by atoms with E-state index in [4.69, 9.17) is 17.0 Å². The highest BCUT2D eigenvalue weighted by Gasteiger charge is 2.40. The van der Waals surface area contributed by atoms with Gasteiger partial charge in [0, 0.05) is 6.42 Å². The second-order valence-electron chi connectivity index (χ2n) is 6.03. The number of hydrogen-bond donors (Lipinski definition) is 2. The Morgan fingerprint density at radius 1 is 1.29 bits per heavy atom. The number of carboxylic acids is 1. The molecule has 0 aliphatic carbocycles. The highest BCUT2D eigenvalue weighted by atomic mass is 32.2. The van der Waals surface area contributed by atoms with E-state index >= 15 is 0 Å². The van der Waals surface area contributed by atoms with E-state index in [9.17, 15) is 19.8 Å². The predicted octanol–water partition coefficient (Wildman–Crippen LogP) is 3.30. The lowest BCUT2D eigenvalue weighted by molar-refractivity contribution is -0.145. The molecule has 0 saturated carbocycles. The number of hydrogen-bond acceptors (Lipinski definition) is 6. The van der Waals surface area contributed by atoms with Crippen molar-refractivity contribution in [3.8, 4) is 11.5 Å². The minimum Gasteiger partial charge on any atom is -0.504 e. The lowest BCUT2D eigenvalue weighted by Gasteiger charge is -2.23. The highest BCUT2D eigenvalue weighted by molar-refractivity contribution is 8.26. The number of methoxy groups -OCH3 is 1. The van der Waals surface area contributed by atoms with Crippen LogP contribution in [0.4, 0.5) is 0 Å². The summed E-state index contributed by atoms with van der Waals surface area (Å²) in [4.78, 5) is 26.2. The molecule has 0 radical (unpaired) electrons. The molecule has 3 rings (SSSR count). The fourth-order valence-corrected chi connectivity index (χ4v) is 4.17. The van der Waals surface area contributed by atoms with Crippen molar-refractivity contribution >= 4 is 46.3 Å². The molecule has 8 heteroatoms. The van der Waals surface area contributed by atoms with Crippen LogP contribution in [0.3, 0.4) is 0 Å². The fraction of sp³-hybridized carbons (Fsp3) is 0.150. The van der Waals surface area contributed by atoms with E-state index in [1.807, 2.05) is 30.3 Å². The van der Waals surface area contributed by atoms with E-state index in [-0.39, 0.29) is 22.2 Å². The van der Waals surface area contributed by atoms with Gasteiger partial charge in [-0.2, -0.15) is 0 Å². The Labute approximate surface area is 171 Å². The third-order valence-corrected chi connectivity index (χ3v) is 5.52. The average Bonchev–Trinajstić information content (AvgIpc) is 2.95. The van der Waals surface area contributed by atoms with Gasteiger partial charge in [-0.05, 0) is 29.3 Å². The molecule has 2 N–H and O–H groups in total. The topological polar surface area (TPSA) is 87.1 Å². The van der Waals surface area contributed by atoms with Crippen LogP contribution in [0.1, 0.15) is 11.1 Å². The normalized spacial score (nSPS) is 16.5. The number of aromatic hydroxyl groups is 1. The molecule has 1 saturated heterocycles. The predicted molar refractivity (Wildman–Crippen MR) is 111 cm³/mol. The number of thiocarbonyl (C=S) groups is 1. The molecular weight excluding hydrogens is 398 g/mol. The van der Waals surface area contributed by atoms with Crippen molar-refractivity contribution in [3.63, 3.8) is 0 Å². The van der Waals surface area contributed by atoms with E-state index in [2.05, 4.69) is 0 Å². The number of carboxylic acid groups (broad SMARTS) is 1. The van der Waals surface area contributed by atoms with Crippen LogP contribution in [-0.2, 0) is 16.0 Å². The van der Waals surface area contributed by atoms with Crippen molar-refractivity contribution < 1.29 is 24.5 Å². The maximum absolute atomic E-state index is 12.9. The van der Waals surface area contributed by atoms with Gasteiger partial charge in [0.2, 0.25) is 0 Å². The largest absolute Gasteiger partial charge is 0.504 e. The van der Waals surface area contributed by atoms with E-state index < -0.39 is 17.9 Å². The van der Waals surface area contributed by atoms with Gasteiger partial charge in [0.1, 0.15) is 10.4 Å². The maximum Gasteiger partial charge on any atom is 0.327 e. The summed E-state index contributed by atoms with van der Waals surface area (Å²) in [5.74, 6) is -1.31. The van der Waals surface area contributed by atoms with Gasteiger partial charge in [0.25, 0.3) is 5.91 Å². The molecule has 1 aliphatic rings. The third-order valence-electron chi connectivity index (χ3n) is 4.19. The van der Waals surface area contributed by atoms with Gasteiger partial charge in [-0.25, -0.2) is 4.79 Å². The summed E-state index contributed by atoms with van der Waals surface area (Å²) < 4.78 is 5.27. The number of nitrogens with zero attached hydrogens (tertiary/aromatic N) is 1. The number of amides is 1. The van der Waals surface area contributed by atoms with Crippen LogP contribution in [0.15, 0.2) is 53.4 Å². The minimum absolute atomic E-state index is 0.0130. The van der Waals surface area contributed by atoms with Crippen LogP contribution in [0, 0.1) is 0 Å². The van der Waals surface area contributed by atoms with Gasteiger partial charge in [-0.3, -0.25) is 9.69 Å². The molecule has 1 aliphatic heterocycles. The highest BCUT2D eigenvalue weighted by Crippen LogP contribution is 2.36. The summed E-state index contributed by atoms with van der Waals surface area (Å²) in [6.45, 7) is 0. The number of rotatable bonds is 6. The Balaban J connectivity index is 1.88. The molecule has 1 amide bonds.